The summed E-state index contributed by atoms with van der Waals surface area (Å²) in [5.41, 5.74) is 0. The predicted octanol–water partition coefficient (Wildman–Crippen LogP) is 0.773. The summed E-state index contributed by atoms with van der Waals surface area (Å²) < 4.78 is 18.9. The van der Waals surface area contributed by atoms with Crippen molar-refractivity contribution in [2.24, 2.45) is 0 Å². The lowest BCUT2D eigenvalue weighted by molar-refractivity contribution is -0.120. The maximum atomic E-state index is 13.2. The summed E-state index contributed by atoms with van der Waals surface area (Å²) >= 11 is 0. The number of carbonyl (C=O) groups excluding carboxylic acids is 1. The van der Waals surface area contributed by atoms with E-state index in [9.17, 15) is 14.3 Å². The number of nitrogens with zero attached hydrogens (tertiary/aromatic N) is 1. The Morgan fingerprint density at radius 2 is 2.19 bits per heavy atom. The van der Waals surface area contributed by atoms with E-state index in [1.165, 1.54) is 19.1 Å². The molecule has 0 aromatic heterocycles. The Morgan fingerprint density at radius 3 is 2.76 bits per heavy atom. The number of benzene rings is 1. The van der Waals surface area contributed by atoms with E-state index in [4.69, 9.17) is 4.74 Å². The Morgan fingerprint density at radius 1 is 1.48 bits per heavy atom. The first kappa shape index (κ1) is 15.7. The highest BCUT2D eigenvalue weighted by molar-refractivity contribution is 5.73. The Labute approximate surface area is 123 Å². The van der Waals surface area contributed by atoms with Gasteiger partial charge in [-0.1, -0.05) is 6.07 Å². The van der Waals surface area contributed by atoms with Crippen molar-refractivity contribution in [2.75, 3.05) is 14.1 Å². The SMILES string of the molecule is CC(=O)N[C@@H]1C[C@@H](Oc2cccc(F)c2)[C@H](O)[C@H]1N(C)C. The second-order valence-electron chi connectivity index (χ2n) is 5.60. The molecule has 1 aromatic carbocycles. The Balaban J connectivity index is 2.12. The van der Waals surface area contributed by atoms with Crippen molar-refractivity contribution in [1.29, 1.82) is 0 Å². The number of rotatable bonds is 4. The number of aliphatic hydroxyl groups excluding tert-OH is 1. The van der Waals surface area contributed by atoms with Gasteiger partial charge in [-0.05, 0) is 26.2 Å². The molecule has 1 aromatic rings. The summed E-state index contributed by atoms with van der Waals surface area (Å²) in [6.07, 6.45) is -0.781. The zero-order chi connectivity index (χ0) is 15.6. The molecule has 0 unspecified atom stereocenters. The van der Waals surface area contributed by atoms with Crippen LogP contribution < -0.4 is 10.1 Å². The van der Waals surface area contributed by atoms with E-state index in [2.05, 4.69) is 5.32 Å². The number of likely N-dealkylation sites (N-methyl/N-ethyl adjacent to an activating group) is 1. The quantitative estimate of drug-likeness (QED) is 0.862. The highest BCUT2D eigenvalue weighted by Crippen LogP contribution is 2.28. The number of aliphatic hydroxyl groups is 1. The number of hydrogen-bond acceptors (Lipinski definition) is 4. The largest absolute Gasteiger partial charge is 0.487 e. The van der Waals surface area contributed by atoms with Crippen molar-refractivity contribution < 1.29 is 19.0 Å². The molecule has 0 heterocycles. The number of amides is 1. The van der Waals surface area contributed by atoms with Crippen LogP contribution in [0.4, 0.5) is 4.39 Å². The van der Waals surface area contributed by atoms with E-state index in [1.54, 1.807) is 12.1 Å². The second-order valence-corrected chi connectivity index (χ2v) is 5.60. The predicted molar refractivity (Wildman–Crippen MR) is 76.5 cm³/mol. The molecule has 0 saturated heterocycles. The van der Waals surface area contributed by atoms with E-state index >= 15 is 0 Å². The maximum absolute atomic E-state index is 13.2. The first-order valence-corrected chi connectivity index (χ1v) is 6.92. The Bertz CT molecular complexity index is 509. The van der Waals surface area contributed by atoms with Gasteiger partial charge in [0.15, 0.2) is 0 Å². The maximum Gasteiger partial charge on any atom is 0.217 e. The van der Waals surface area contributed by atoms with Gasteiger partial charge in [0.2, 0.25) is 5.91 Å². The summed E-state index contributed by atoms with van der Waals surface area (Å²) in [7, 11) is 3.68. The monoisotopic (exact) mass is 296 g/mol. The van der Waals surface area contributed by atoms with Gasteiger partial charge < -0.3 is 20.1 Å². The van der Waals surface area contributed by atoms with Crippen LogP contribution in [0.15, 0.2) is 24.3 Å². The zero-order valence-electron chi connectivity index (χ0n) is 12.4. The minimum atomic E-state index is -0.764. The lowest BCUT2D eigenvalue weighted by Gasteiger charge is -2.29. The molecule has 2 rings (SSSR count). The first-order valence-electron chi connectivity index (χ1n) is 6.92. The number of hydrogen-bond donors (Lipinski definition) is 2. The number of ether oxygens (including phenoxy) is 1. The smallest absolute Gasteiger partial charge is 0.217 e. The van der Waals surface area contributed by atoms with Crippen molar-refractivity contribution in [2.45, 2.75) is 37.6 Å². The third kappa shape index (κ3) is 3.71. The molecule has 1 saturated carbocycles. The van der Waals surface area contributed by atoms with Crippen LogP contribution >= 0.6 is 0 Å². The fourth-order valence-corrected chi connectivity index (χ4v) is 2.89. The summed E-state index contributed by atoms with van der Waals surface area (Å²) in [4.78, 5) is 13.1. The summed E-state index contributed by atoms with van der Waals surface area (Å²) in [6.45, 7) is 1.44. The topological polar surface area (TPSA) is 61.8 Å². The summed E-state index contributed by atoms with van der Waals surface area (Å²) in [6, 6.07) is 5.37. The van der Waals surface area contributed by atoms with E-state index in [-0.39, 0.29) is 23.8 Å². The van der Waals surface area contributed by atoms with Crippen LogP contribution in [0.1, 0.15) is 13.3 Å². The van der Waals surface area contributed by atoms with Gasteiger partial charge in [0.05, 0.1) is 12.1 Å². The van der Waals surface area contributed by atoms with Gasteiger partial charge in [-0.3, -0.25) is 4.79 Å². The minimum Gasteiger partial charge on any atom is -0.487 e. The minimum absolute atomic E-state index is 0.148. The molecule has 6 heteroatoms. The average Bonchev–Trinajstić information content (AvgIpc) is 2.65. The molecule has 21 heavy (non-hydrogen) atoms. The van der Waals surface area contributed by atoms with Gasteiger partial charge in [-0.15, -0.1) is 0 Å². The molecule has 4 atom stereocenters. The fraction of sp³-hybridized carbons (Fsp3) is 0.533. The second kappa shape index (κ2) is 6.41. The lowest BCUT2D eigenvalue weighted by Crippen LogP contribution is -2.50. The van der Waals surface area contributed by atoms with Gasteiger partial charge in [0, 0.05) is 19.4 Å². The molecule has 0 bridgehead atoms. The molecule has 5 nitrogen and oxygen atoms in total. The lowest BCUT2D eigenvalue weighted by atomic mass is 10.1. The van der Waals surface area contributed by atoms with Gasteiger partial charge in [0.25, 0.3) is 0 Å². The average molecular weight is 296 g/mol. The van der Waals surface area contributed by atoms with Crippen LogP contribution in [-0.4, -0.2) is 54.3 Å². The summed E-state index contributed by atoms with van der Waals surface area (Å²) in [5, 5.41) is 13.3. The Hall–Kier alpha value is -1.66. The molecule has 116 valence electrons. The molecule has 0 spiro atoms. The standard InChI is InChI=1S/C15H21FN2O3/c1-9(19)17-12-8-13(15(20)14(12)18(2)3)21-11-6-4-5-10(16)7-11/h4-7,12-15,20H,8H2,1-3H3,(H,17,19)/t12-,13-,14+,15+/m1/s1. The van der Waals surface area contributed by atoms with Crippen molar-refractivity contribution in [3.8, 4) is 5.75 Å². The number of carbonyl (C=O) groups is 1. The highest BCUT2D eigenvalue weighted by Gasteiger charge is 2.45. The highest BCUT2D eigenvalue weighted by atomic mass is 19.1. The van der Waals surface area contributed by atoms with Crippen LogP contribution in [-0.2, 0) is 4.79 Å². The van der Waals surface area contributed by atoms with Gasteiger partial charge >= 0.3 is 0 Å². The van der Waals surface area contributed by atoms with Crippen LogP contribution in [0.5, 0.6) is 5.75 Å². The molecule has 0 radical (unpaired) electrons. The molecular weight excluding hydrogens is 275 g/mol. The van der Waals surface area contributed by atoms with Gasteiger partial charge in [0.1, 0.15) is 23.8 Å². The Kier molecular flexibility index (Phi) is 4.80. The normalized spacial score (nSPS) is 28.7. The van der Waals surface area contributed by atoms with Crippen molar-refractivity contribution >= 4 is 5.91 Å². The molecule has 1 aliphatic rings. The molecule has 0 aliphatic heterocycles. The fourth-order valence-electron chi connectivity index (χ4n) is 2.89. The van der Waals surface area contributed by atoms with Gasteiger partial charge in [-0.25, -0.2) is 4.39 Å². The first-order chi connectivity index (χ1) is 9.88. The molecule has 1 aliphatic carbocycles. The van der Waals surface area contributed by atoms with Crippen LogP contribution in [0.3, 0.4) is 0 Å². The molecule has 1 amide bonds. The van der Waals surface area contributed by atoms with E-state index < -0.39 is 12.2 Å². The number of halogens is 1. The third-order valence-electron chi connectivity index (χ3n) is 3.70. The summed E-state index contributed by atoms with van der Waals surface area (Å²) in [5.74, 6) is -0.159. The van der Waals surface area contributed by atoms with Crippen molar-refractivity contribution in [3.63, 3.8) is 0 Å². The van der Waals surface area contributed by atoms with Gasteiger partial charge in [-0.2, -0.15) is 0 Å². The van der Waals surface area contributed by atoms with E-state index in [1.807, 2.05) is 19.0 Å². The zero-order valence-corrected chi connectivity index (χ0v) is 12.4. The molecular formula is C15H21FN2O3. The molecule has 1 fully saturated rings. The van der Waals surface area contributed by atoms with Crippen LogP contribution in [0, 0.1) is 5.82 Å². The van der Waals surface area contributed by atoms with Crippen LogP contribution in [0.25, 0.3) is 0 Å². The van der Waals surface area contributed by atoms with E-state index in [0.29, 0.717) is 12.2 Å². The number of nitrogens with one attached hydrogen (secondary N) is 1. The third-order valence-corrected chi connectivity index (χ3v) is 3.70. The molecule has 2 N–H and O–H groups in total. The van der Waals surface area contributed by atoms with Crippen LogP contribution in [0.2, 0.25) is 0 Å². The van der Waals surface area contributed by atoms with Crippen molar-refractivity contribution in [1.82, 2.24) is 10.2 Å². The van der Waals surface area contributed by atoms with E-state index in [0.717, 1.165) is 0 Å². The van der Waals surface area contributed by atoms with Crippen molar-refractivity contribution in [3.05, 3.63) is 30.1 Å².